The molecule has 116 valence electrons. The Balaban J connectivity index is 1.70. The Kier molecular flexibility index (Phi) is 5.04. The number of nitrogens with zero attached hydrogens (tertiary/aromatic N) is 1. The van der Waals surface area contributed by atoms with Crippen LogP contribution in [0.5, 0.6) is 0 Å². The van der Waals surface area contributed by atoms with Crippen LogP contribution in [0.15, 0.2) is 0 Å². The number of hydrogen-bond donors (Lipinski definition) is 1. The van der Waals surface area contributed by atoms with E-state index in [4.69, 9.17) is 0 Å². The fraction of sp³-hybridized carbons (Fsp3) is 1.00. The highest BCUT2D eigenvalue weighted by atomic mass is 15.2. The molecule has 20 heavy (non-hydrogen) atoms. The predicted octanol–water partition coefficient (Wildman–Crippen LogP) is 3.81. The van der Waals surface area contributed by atoms with Crippen molar-refractivity contribution in [2.45, 2.75) is 89.3 Å². The standard InChI is InChI=1S/C18H34N2/c1-3-14-10-11-16(19-2)18(13-14)20-12-6-9-17(20)15-7-4-5-8-15/h14-19H,3-13H2,1-2H3. The first-order valence-electron chi connectivity index (χ1n) is 9.26. The molecule has 2 saturated carbocycles. The summed E-state index contributed by atoms with van der Waals surface area (Å²) in [5.41, 5.74) is 0. The van der Waals surface area contributed by atoms with Crippen LogP contribution >= 0.6 is 0 Å². The predicted molar refractivity (Wildman–Crippen MR) is 86.0 cm³/mol. The van der Waals surface area contributed by atoms with Gasteiger partial charge in [-0.25, -0.2) is 0 Å². The van der Waals surface area contributed by atoms with Crippen molar-refractivity contribution in [2.75, 3.05) is 13.6 Å². The molecule has 0 bridgehead atoms. The van der Waals surface area contributed by atoms with Gasteiger partial charge in [0.15, 0.2) is 0 Å². The number of likely N-dealkylation sites (tertiary alicyclic amines) is 1. The Morgan fingerprint density at radius 1 is 0.950 bits per heavy atom. The van der Waals surface area contributed by atoms with E-state index in [9.17, 15) is 0 Å². The highest BCUT2D eigenvalue weighted by Crippen LogP contribution is 2.40. The molecule has 0 aromatic carbocycles. The van der Waals surface area contributed by atoms with Crippen LogP contribution in [-0.4, -0.2) is 36.6 Å². The first-order valence-corrected chi connectivity index (χ1v) is 9.26. The van der Waals surface area contributed by atoms with Gasteiger partial charge in [0.1, 0.15) is 0 Å². The molecule has 0 aromatic rings. The summed E-state index contributed by atoms with van der Waals surface area (Å²) in [5, 5.41) is 3.65. The fourth-order valence-corrected chi connectivity index (χ4v) is 5.38. The fourth-order valence-electron chi connectivity index (χ4n) is 5.38. The summed E-state index contributed by atoms with van der Waals surface area (Å²) in [6.45, 7) is 3.76. The van der Waals surface area contributed by atoms with Crippen molar-refractivity contribution in [1.82, 2.24) is 10.2 Å². The van der Waals surface area contributed by atoms with Gasteiger partial charge in [-0.2, -0.15) is 0 Å². The molecule has 1 heterocycles. The third kappa shape index (κ3) is 2.92. The lowest BCUT2D eigenvalue weighted by atomic mass is 9.79. The molecular weight excluding hydrogens is 244 g/mol. The number of rotatable bonds is 4. The molecule has 1 saturated heterocycles. The largest absolute Gasteiger partial charge is 0.315 e. The first-order chi connectivity index (χ1) is 9.83. The third-order valence-corrected chi connectivity index (χ3v) is 6.59. The lowest BCUT2D eigenvalue weighted by molar-refractivity contribution is 0.0659. The van der Waals surface area contributed by atoms with E-state index in [1.54, 1.807) is 0 Å². The molecule has 0 spiro atoms. The molecule has 1 aliphatic heterocycles. The summed E-state index contributed by atoms with van der Waals surface area (Å²) < 4.78 is 0. The van der Waals surface area contributed by atoms with Crippen molar-refractivity contribution in [3.63, 3.8) is 0 Å². The SMILES string of the molecule is CCC1CCC(NC)C(N2CCCC2C2CCCC2)C1. The van der Waals surface area contributed by atoms with Crippen molar-refractivity contribution >= 4 is 0 Å². The van der Waals surface area contributed by atoms with Crippen molar-refractivity contribution in [1.29, 1.82) is 0 Å². The summed E-state index contributed by atoms with van der Waals surface area (Å²) in [7, 11) is 2.19. The molecule has 3 rings (SSSR count). The van der Waals surface area contributed by atoms with Gasteiger partial charge in [0, 0.05) is 18.1 Å². The second-order valence-electron chi connectivity index (χ2n) is 7.54. The van der Waals surface area contributed by atoms with Crippen LogP contribution in [-0.2, 0) is 0 Å². The summed E-state index contributed by atoms with van der Waals surface area (Å²) >= 11 is 0. The van der Waals surface area contributed by atoms with E-state index >= 15 is 0 Å². The van der Waals surface area contributed by atoms with Crippen molar-refractivity contribution < 1.29 is 0 Å². The van der Waals surface area contributed by atoms with Gasteiger partial charge in [0.2, 0.25) is 0 Å². The van der Waals surface area contributed by atoms with Gasteiger partial charge in [-0.3, -0.25) is 4.90 Å². The molecule has 4 unspecified atom stereocenters. The summed E-state index contributed by atoms with van der Waals surface area (Å²) in [5.74, 6) is 2.01. The second-order valence-corrected chi connectivity index (χ2v) is 7.54. The average Bonchev–Trinajstić information content (AvgIpc) is 3.16. The Morgan fingerprint density at radius 2 is 1.75 bits per heavy atom. The second kappa shape index (κ2) is 6.79. The normalized spacial score (nSPS) is 40.5. The molecule has 0 radical (unpaired) electrons. The van der Waals surface area contributed by atoms with Gasteiger partial charge in [-0.05, 0) is 70.4 Å². The summed E-state index contributed by atoms with van der Waals surface area (Å²) in [6, 6.07) is 2.50. The van der Waals surface area contributed by atoms with Crippen molar-refractivity contribution in [2.24, 2.45) is 11.8 Å². The minimum atomic E-state index is 0.750. The molecular formula is C18H34N2. The lowest BCUT2D eigenvalue weighted by Crippen LogP contribution is -2.54. The van der Waals surface area contributed by atoms with E-state index in [1.807, 2.05) is 0 Å². The zero-order valence-corrected chi connectivity index (χ0v) is 13.6. The van der Waals surface area contributed by atoms with Crippen LogP contribution in [0.3, 0.4) is 0 Å². The van der Waals surface area contributed by atoms with Gasteiger partial charge in [0.05, 0.1) is 0 Å². The van der Waals surface area contributed by atoms with Crippen LogP contribution in [0.2, 0.25) is 0 Å². The number of nitrogens with one attached hydrogen (secondary N) is 1. The Hall–Kier alpha value is -0.0800. The molecule has 2 aliphatic carbocycles. The maximum Gasteiger partial charge on any atom is 0.0254 e. The quantitative estimate of drug-likeness (QED) is 0.841. The zero-order valence-electron chi connectivity index (χ0n) is 13.6. The monoisotopic (exact) mass is 278 g/mol. The minimum absolute atomic E-state index is 0.750. The highest BCUT2D eigenvalue weighted by Gasteiger charge is 2.41. The van der Waals surface area contributed by atoms with Crippen LogP contribution in [0, 0.1) is 11.8 Å². The van der Waals surface area contributed by atoms with Crippen LogP contribution < -0.4 is 5.32 Å². The molecule has 3 fully saturated rings. The summed E-state index contributed by atoms with van der Waals surface area (Å²) in [4.78, 5) is 2.96. The maximum atomic E-state index is 3.65. The zero-order chi connectivity index (χ0) is 13.9. The van der Waals surface area contributed by atoms with Gasteiger partial charge >= 0.3 is 0 Å². The maximum absolute atomic E-state index is 3.65. The molecule has 0 aromatic heterocycles. The molecule has 0 amide bonds. The molecule has 4 atom stereocenters. The average molecular weight is 278 g/mol. The van der Waals surface area contributed by atoms with Crippen molar-refractivity contribution in [3.05, 3.63) is 0 Å². The molecule has 1 N–H and O–H groups in total. The van der Waals surface area contributed by atoms with E-state index in [0.29, 0.717) is 0 Å². The Bertz CT molecular complexity index is 298. The van der Waals surface area contributed by atoms with Gasteiger partial charge in [-0.15, -0.1) is 0 Å². The van der Waals surface area contributed by atoms with E-state index < -0.39 is 0 Å². The first kappa shape index (κ1) is 14.8. The van der Waals surface area contributed by atoms with Gasteiger partial charge in [-0.1, -0.05) is 26.2 Å². The Morgan fingerprint density at radius 3 is 2.45 bits per heavy atom. The Labute approximate surface area is 125 Å². The van der Waals surface area contributed by atoms with E-state index in [2.05, 4.69) is 24.2 Å². The topological polar surface area (TPSA) is 15.3 Å². The van der Waals surface area contributed by atoms with Crippen LogP contribution in [0.1, 0.15) is 71.1 Å². The lowest BCUT2D eigenvalue weighted by Gasteiger charge is -2.45. The van der Waals surface area contributed by atoms with Crippen LogP contribution in [0.4, 0.5) is 0 Å². The van der Waals surface area contributed by atoms with Crippen LogP contribution in [0.25, 0.3) is 0 Å². The van der Waals surface area contributed by atoms with E-state index in [-0.39, 0.29) is 0 Å². The molecule has 2 nitrogen and oxygen atoms in total. The number of likely N-dealkylation sites (N-methyl/N-ethyl adjacent to an activating group) is 1. The highest BCUT2D eigenvalue weighted by molar-refractivity contribution is 4.97. The van der Waals surface area contributed by atoms with E-state index in [0.717, 1.165) is 30.0 Å². The van der Waals surface area contributed by atoms with Crippen molar-refractivity contribution in [3.8, 4) is 0 Å². The third-order valence-electron chi connectivity index (χ3n) is 6.59. The molecule has 2 heteroatoms. The van der Waals surface area contributed by atoms with E-state index in [1.165, 1.54) is 70.8 Å². The smallest absolute Gasteiger partial charge is 0.0254 e. The van der Waals surface area contributed by atoms with Gasteiger partial charge in [0.25, 0.3) is 0 Å². The molecule has 3 aliphatic rings. The minimum Gasteiger partial charge on any atom is -0.315 e. The number of hydrogen-bond acceptors (Lipinski definition) is 2. The summed E-state index contributed by atoms with van der Waals surface area (Å²) in [6.07, 6.45) is 14.6. The van der Waals surface area contributed by atoms with Gasteiger partial charge < -0.3 is 5.32 Å².